The van der Waals surface area contributed by atoms with Gasteiger partial charge in [0.1, 0.15) is 6.61 Å². The van der Waals surface area contributed by atoms with E-state index in [1.54, 1.807) is 0 Å². The number of fused-ring (bicyclic) bond motifs is 1. The Hall–Kier alpha value is -2.40. The van der Waals surface area contributed by atoms with Crippen molar-refractivity contribution in [1.29, 1.82) is 0 Å². The van der Waals surface area contributed by atoms with E-state index in [9.17, 15) is 9.59 Å². The minimum Gasteiger partial charge on any atom is -0.461 e. The number of carbonyl (C=O) groups is 2. The van der Waals surface area contributed by atoms with Crippen LogP contribution in [0.2, 0.25) is 0 Å². The standard InChI is InChI=1S/C21H28N2O3/c1-5-10-26-21(25)17(14(2)3)12-20(24)18(22)11-15-13-23(4)19-9-7-6-8-16(15)19/h5-9,13-14,17-18H,1,10-12,22H2,2-4H3/t17-,18+/m1/s1. The van der Waals surface area contributed by atoms with Crippen LogP contribution in [0.5, 0.6) is 0 Å². The van der Waals surface area contributed by atoms with Crippen molar-refractivity contribution in [3.63, 3.8) is 0 Å². The van der Waals surface area contributed by atoms with E-state index in [1.807, 2.05) is 55.9 Å². The highest BCUT2D eigenvalue weighted by Crippen LogP contribution is 2.23. The van der Waals surface area contributed by atoms with Crippen molar-refractivity contribution in [1.82, 2.24) is 4.57 Å². The van der Waals surface area contributed by atoms with Gasteiger partial charge >= 0.3 is 5.97 Å². The zero-order valence-corrected chi connectivity index (χ0v) is 15.8. The molecule has 2 rings (SSSR count). The predicted octanol–water partition coefficient (Wildman–Crippen LogP) is 3.01. The number of benzene rings is 1. The Balaban J connectivity index is 2.08. The Morgan fingerprint density at radius 3 is 2.65 bits per heavy atom. The molecule has 2 N–H and O–H groups in total. The predicted molar refractivity (Wildman–Crippen MR) is 104 cm³/mol. The van der Waals surface area contributed by atoms with Crippen LogP contribution in [-0.2, 0) is 27.8 Å². The lowest BCUT2D eigenvalue weighted by molar-refractivity contribution is -0.150. The fourth-order valence-corrected chi connectivity index (χ4v) is 3.15. The molecule has 0 amide bonds. The van der Waals surface area contributed by atoms with Gasteiger partial charge in [-0.1, -0.05) is 44.7 Å². The Bertz CT molecular complexity index is 792. The van der Waals surface area contributed by atoms with E-state index in [2.05, 4.69) is 6.58 Å². The quantitative estimate of drug-likeness (QED) is 0.554. The third-order valence-corrected chi connectivity index (χ3v) is 4.70. The second-order valence-electron chi connectivity index (χ2n) is 7.03. The first-order chi connectivity index (χ1) is 12.3. The van der Waals surface area contributed by atoms with Crippen molar-refractivity contribution in [3.05, 3.63) is 48.7 Å². The van der Waals surface area contributed by atoms with Gasteiger partial charge < -0.3 is 15.0 Å². The van der Waals surface area contributed by atoms with Crippen LogP contribution in [0.25, 0.3) is 10.9 Å². The minimum atomic E-state index is -0.644. The molecule has 5 heteroatoms. The first kappa shape index (κ1) is 19.9. The number of nitrogens with two attached hydrogens (primary N) is 1. The molecule has 0 saturated heterocycles. The summed E-state index contributed by atoms with van der Waals surface area (Å²) in [6.45, 7) is 7.50. The van der Waals surface area contributed by atoms with Gasteiger partial charge in [0.05, 0.1) is 12.0 Å². The molecule has 2 aromatic rings. The third kappa shape index (κ3) is 4.61. The first-order valence-corrected chi connectivity index (χ1v) is 8.93. The average molecular weight is 356 g/mol. The largest absolute Gasteiger partial charge is 0.461 e. The maximum absolute atomic E-state index is 12.6. The van der Waals surface area contributed by atoms with Gasteiger partial charge in [-0.2, -0.15) is 0 Å². The molecule has 0 unspecified atom stereocenters. The average Bonchev–Trinajstić information content (AvgIpc) is 2.93. The molecular formula is C21H28N2O3. The number of ether oxygens (including phenoxy) is 1. The van der Waals surface area contributed by atoms with Gasteiger partial charge in [0, 0.05) is 30.6 Å². The highest BCUT2D eigenvalue weighted by molar-refractivity contribution is 5.90. The minimum absolute atomic E-state index is 0.000945. The molecule has 0 fully saturated rings. The van der Waals surface area contributed by atoms with Crippen molar-refractivity contribution in [2.24, 2.45) is 24.6 Å². The van der Waals surface area contributed by atoms with E-state index in [-0.39, 0.29) is 30.7 Å². The molecule has 0 aliphatic carbocycles. The number of carbonyl (C=O) groups excluding carboxylic acids is 2. The summed E-state index contributed by atoms with van der Waals surface area (Å²) in [4.78, 5) is 24.8. The lowest BCUT2D eigenvalue weighted by atomic mass is 9.88. The number of rotatable bonds is 9. The van der Waals surface area contributed by atoms with Gasteiger partial charge in [-0.05, 0) is 24.0 Å². The number of ketones is 1. The second-order valence-corrected chi connectivity index (χ2v) is 7.03. The summed E-state index contributed by atoms with van der Waals surface area (Å²) in [6, 6.07) is 7.39. The Morgan fingerprint density at radius 1 is 1.31 bits per heavy atom. The van der Waals surface area contributed by atoms with Gasteiger partial charge in [-0.15, -0.1) is 0 Å². The summed E-state index contributed by atoms with van der Waals surface area (Å²) >= 11 is 0. The number of aryl methyl sites for hydroxylation is 1. The summed E-state index contributed by atoms with van der Waals surface area (Å²) in [6.07, 6.45) is 4.08. The molecule has 0 aliphatic rings. The van der Waals surface area contributed by atoms with E-state index in [1.165, 1.54) is 6.08 Å². The topological polar surface area (TPSA) is 74.3 Å². The zero-order valence-electron chi connectivity index (χ0n) is 15.8. The van der Waals surface area contributed by atoms with Gasteiger partial charge in [-0.25, -0.2) is 0 Å². The Morgan fingerprint density at radius 2 is 2.00 bits per heavy atom. The van der Waals surface area contributed by atoms with E-state index in [0.717, 1.165) is 16.5 Å². The van der Waals surface area contributed by atoms with Gasteiger partial charge in [0.2, 0.25) is 0 Å². The monoisotopic (exact) mass is 356 g/mol. The van der Waals surface area contributed by atoms with E-state index in [4.69, 9.17) is 10.5 Å². The number of hydrogen-bond donors (Lipinski definition) is 1. The van der Waals surface area contributed by atoms with E-state index < -0.39 is 12.0 Å². The SMILES string of the molecule is C=CCOC(=O)[C@H](CC(=O)[C@@H](N)Cc1cn(C)c2ccccc12)C(C)C. The molecule has 1 aromatic carbocycles. The van der Waals surface area contributed by atoms with Crippen LogP contribution in [0.1, 0.15) is 25.8 Å². The summed E-state index contributed by atoms with van der Waals surface area (Å²) in [7, 11) is 1.98. The molecule has 0 spiro atoms. The van der Waals surface area contributed by atoms with Crippen molar-refractivity contribution < 1.29 is 14.3 Å². The lowest BCUT2D eigenvalue weighted by Crippen LogP contribution is -2.36. The number of para-hydroxylation sites is 1. The molecule has 2 atom stereocenters. The lowest BCUT2D eigenvalue weighted by Gasteiger charge is -2.20. The van der Waals surface area contributed by atoms with E-state index >= 15 is 0 Å². The van der Waals surface area contributed by atoms with Crippen molar-refractivity contribution in [3.8, 4) is 0 Å². The molecule has 0 aliphatic heterocycles. The smallest absolute Gasteiger partial charge is 0.309 e. The van der Waals surface area contributed by atoms with Crippen LogP contribution in [0.3, 0.4) is 0 Å². The van der Waals surface area contributed by atoms with Crippen molar-refractivity contribution in [2.45, 2.75) is 32.7 Å². The fourth-order valence-electron chi connectivity index (χ4n) is 3.15. The molecule has 0 saturated carbocycles. The van der Waals surface area contributed by atoms with Crippen LogP contribution in [0.4, 0.5) is 0 Å². The zero-order chi connectivity index (χ0) is 19.3. The van der Waals surface area contributed by atoms with Crippen LogP contribution >= 0.6 is 0 Å². The van der Waals surface area contributed by atoms with Gasteiger partial charge in [0.25, 0.3) is 0 Å². The highest BCUT2D eigenvalue weighted by atomic mass is 16.5. The summed E-state index contributed by atoms with van der Waals surface area (Å²) in [5, 5.41) is 1.10. The third-order valence-electron chi connectivity index (χ3n) is 4.70. The highest BCUT2D eigenvalue weighted by Gasteiger charge is 2.29. The number of aromatic nitrogens is 1. The number of hydrogen-bond acceptors (Lipinski definition) is 4. The second kappa shape index (κ2) is 8.81. The van der Waals surface area contributed by atoms with Crippen LogP contribution in [0, 0.1) is 11.8 Å². The summed E-state index contributed by atoms with van der Waals surface area (Å²) in [5.41, 5.74) is 8.32. The molecule has 0 bridgehead atoms. The number of nitrogens with zero attached hydrogens (tertiary/aromatic N) is 1. The number of esters is 1. The first-order valence-electron chi connectivity index (χ1n) is 8.93. The molecule has 1 heterocycles. The van der Waals surface area contributed by atoms with Gasteiger partial charge in [0.15, 0.2) is 5.78 Å². The van der Waals surface area contributed by atoms with Crippen LogP contribution < -0.4 is 5.73 Å². The van der Waals surface area contributed by atoms with Crippen LogP contribution in [0.15, 0.2) is 43.1 Å². The van der Waals surface area contributed by atoms with Gasteiger partial charge in [-0.3, -0.25) is 9.59 Å². The van der Waals surface area contributed by atoms with Crippen LogP contribution in [-0.4, -0.2) is 29.0 Å². The summed E-state index contributed by atoms with van der Waals surface area (Å²) in [5.74, 6) is -0.972. The van der Waals surface area contributed by atoms with E-state index in [0.29, 0.717) is 6.42 Å². The molecule has 140 valence electrons. The van der Waals surface area contributed by atoms with Crippen molar-refractivity contribution in [2.75, 3.05) is 6.61 Å². The maximum atomic E-state index is 12.6. The summed E-state index contributed by atoms with van der Waals surface area (Å²) < 4.78 is 7.15. The van der Waals surface area contributed by atoms with Crippen molar-refractivity contribution >= 4 is 22.7 Å². The molecule has 1 aromatic heterocycles. The Kier molecular flexibility index (Phi) is 6.75. The molecule has 26 heavy (non-hydrogen) atoms. The maximum Gasteiger partial charge on any atom is 0.309 e. The molecule has 0 radical (unpaired) electrons. The molecular weight excluding hydrogens is 328 g/mol. The number of Topliss-reactive ketones (excluding diaryl/α,β-unsaturated/α-hetero) is 1. The molecule has 5 nitrogen and oxygen atoms in total. The Labute approximate surface area is 154 Å². The fraction of sp³-hybridized carbons (Fsp3) is 0.429. The normalized spacial score (nSPS) is 13.6.